The highest BCUT2D eigenvalue weighted by Crippen LogP contribution is 2.53. The highest BCUT2D eigenvalue weighted by atomic mass is 16.5. The first-order valence-corrected chi connectivity index (χ1v) is 22.3. The van der Waals surface area contributed by atoms with E-state index in [0.29, 0.717) is 0 Å². The van der Waals surface area contributed by atoms with Crippen LogP contribution in [0, 0.1) is 13.8 Å². The molecule has 310 valence electrons. The monoisotopic (exact) mass is 812 g/mol. The number of rotatable bonds is 6. The second-order valence-corrected chi connectivity index (χ2v) is 20.3. The van der Waals surface area contributed by atoms with Crippen molar-refractivity contribution in [3.63, 3.8) is 0 Å². The Morgan fingerprint density at radius 1 is 0.565 bits per heavy atom. The molecule has 3 aliphatic rings. The van der Waals surface area contributed by atoms with E-state index in [4.69, 9.17) is 4.74 Å². The molecule has 1 aliphatic carbocycles. The van der Waals surface area contributed by atoms with E-state index in [0.717, 1.165) is 33.8 Å². The molecule has 0 fully saturated rings. The summed E-state index contributed by atoms with van der Waals surface area (Å²) >= 11 is 0. The van der Waals surface area contributed by atoms with Crippen LogP contribution in [0.25, 0.3) is 22.3 Å². The van der Waals surface area contributed by atoms with E-state index in [-0.39, 0.29) is 36.2 Å². The van der Waals surface area contributed by atoms with Crippen LogP contribution in [0.15, 0.2) is 133 Å². The number of hydrogen-bond acceptors (Lipinski definition) is 4. The van der Waals surface area contributed by atoms with Crippen molar-refractivity contribution in [2.45, 2.75) is 85.5 Å². The number of anilines is 6. The predicted molar refractivity (Wildman–Crippen MR) is 263 cm³/mol. The van der Waals surface area contributed by atoms with Crippen molar-refractivity contribution >= 4 is 57.2 Å². The number of hydrogen-bond donors (Lipinski definition) is 1. The Morgan fingerprint density at radius 2 is 1.21 bits per heavy atom. The van der Waals surface area contributed by atoms with Gasteiger partial charge in [0.1, 0.15) is 12.4 Å². The van der Waals surface area contributed by atoms with Gasteiger partial charge in [-0.05, 0) is 140 Å². The zero-order valence-corrected chi connectivity index (χ0v) is 37.9. The zero-order valence-electron chi connectivity index (χ0n) is 37.9. The van der Waals surface area contributed by atoms with Crippen molar-refractivity contribution in [1.29, 1.82) is 0 Å². The Balaban J connectivity index is 1.33. The van der Waals surface area contributed by atoms with Gasteiger partial charge in [0.2, 0.25) is 0 Å². The molecule has 10 rings (SSSR count). The third kappa shape index (κ3) is 6.22. The number of aliphatic hydroxyl groups excluding tert-OH is 1. The van der Waals surface area contributed by atoms with E-state index >= 15 is 0 Å². The highest BCUT2D eigenvalue weighted by molar-refractivity contribution is 7.00. The van der Waals surface area contributed by atoms with E-state index in [9.17, 15) is 5.11 Å². The third-order valence-electron chi connectivity index (χ3n) is 13.7. The van der Waals surface area contributed by atoms with E-state index in [1.165, 1.54) is 78.1 Å². The van der Waals surface area contributed by atoms with Gasteiger partial charge < -0.3 is 19.6 Å². The minimum absolute atomic E-state index is 0.0242. The second kappa shape index (κ2) is 14.3. The molecule has 62 heavy (non-hydrogen) atoms. The molecular weight excluding hydrogens is 755 g/mol. The Morgan fingerprint density at radius 3 is 1.90 bits per heavy atom. The smallest absolute Gasteiger partial charge is 0.252 e. The zero-order chi connectivity index (χ0) is 43.5. The molecule has 2 aliphatic heterocycles. The van der Waals surface area contributed by atoms with Crippen LogP contribution in [0.5, 0.6) is 5.75 Å². The van der Waals surface area contributed by atoms with E-state index in [1.807, 2.05) is 0 Å². The van der Waals surface area contributed by atoms with Gasteiger partial charge in [-0.15, -0.1) is 0 Å². The molecule has 7 aromatic rings. The first kappa shape index (κ1) is 40.1. The van der Waals surface area contributed by atoms with Gasteiger partial charge in [0.15, 0.2) is 0 Å². The number of aliphatic hydroxyl groups is 1. The molecule has 0 saturated heterocycles. The maximum atomic E-state index is 9.82. The molecular formula is C57H57BN2O2. The Hall–Kier alpha value is -6.04. The molecule has 0 aromatic heterocycles. The third-order valence-corrected chi connectivity index (χ3v) is 13.7. The van der Waals surface area contributed by atoms with E-state index in [2.05, 4.69) is 212 Å². The van der Waals surface area contributed by atoms with Crippen LogP contribution in [0.2, 0.25) is 0 Å². The quantitative estimate of drug-likeness (QED) is 0.170. The van der Waals surface area contributed by atoms with Crippen LogP contribution in [-0.2, 0) is 16.2 Å². The largest absolute Gasteiger partial charge is 0.491 e. The van der Waals surface area contributed by atoms with Crippen molar-refractivity contribution in [3.05, 3.63) is 167 Å². The number of aryl methyl sites for hydroxylation is 2. The summed E-state index contributed by atoms with van der Waals surface area (Å²) < 4.78 is 6.23. The molecule has 7 aromatic carbocycles. The maximum Gasteiger partial charge on any atom is 0.252 e. The van der Waals surface area contributed by atoms with Crippen molar-refractivity contribution in [2.24, 2.45) is 0 Å². The Labute approximate surface area is 368 Å². The second-order valence-electron chi connectivity index (χ2n) is 20.3. The standard InChI is InChI=1S/C57H57BN2O2/c1-35-28-51-54-52(29-35)60(49-30-36(2)53(62-27-26-61)33-42(49)37-16-12-11-13-17-37)50-34-45-43(41-18-14-15-19-44(41)57(45,9)10)32-47(50)58(54)46-31-39(56(6,7)8)22-25-48(46)59(51)40-23-20-38(21-24-40)55(3,4)5/h11-25,28-34,61H,26-27H2,1-10H3. The fourth-order valence-corrected chi connectivity index (χ4v) is 10.5. The van der Waals surface area contributed by atoms with Gasteiger partial charge in [-0.1, -0.05) is 140 Å². The van der Waals surface area contributed by atoms with E-state index < -0.39 is 0 Å². The first-order chi connectivity index (χ1) is 29.6. The molecule has 4 nitrogen and oxygen atoms in total. The van der Waals surface area contributed by atoms with Crippen molar-refractivity contribution in [3.8, 4) is 28.0 Å². The molecule has 0 atom stereocenters. The van der Waals surface area contributed by atoms with Crippen LogP contribution < -0.4 is 30.9 Å². The minimum Gasteiger partial charge on any atom is -0.491 e. The van der Waals surface area contributed by atoms with Crippen molar-refractivity contribution in [1.82, 2.24) is 0 Å². The molecule has 0 amide bonds. The lowest BCUT2D eigenvalue weighted by Crippen LogP contribution is -2.61. The summed E-state index contributed by atoms with van der Waals surface area (Å²) in [6, 6.07) is 50.6. The van der Waals surface area contributed by atoms with Crippen LogP contribution in [-0.4, -0.2) is 25.0 Å². The van der Waals surface area contributed by atoms with Gasteiger partial charge >= 0.3 is 0 Å². The van der Waals surface area contributed by atoms with Crippen LogP contribution >= 0.6 is 0 Å². The summed E-state index contributed by atoms with van der Waals surface area (Å²) in [4.78, 5) is 5.10. The lowest BCUT2D eigenvalue weighted by atomic mass is 9.33. The summed E-state index contributed by atoms with van der Waals surface area (Å²) in [5.74, 6) is 0.780. The summed E-state index contributed by atoms with van der Waals surface area (Å²) in [5, 5.41) is 9.82. The lowest BCUT2D eigenvalue weighted by molar-refractivity contribution is 0.200. The number of benzene rings is 7. The summed E-state index contributed by atoms with van der Waals surface area (Å²) in [7, 11) is 0. The molecule has 0 bridgehead atoms. The molecule has 0 saturated carbocycles. The van der Waals surface area contributed by atoms with E-state index in [1.54, 1.807) is 0 Å². The molecule has 0 unspecified atom stereocenters. The number of nitrogens with zero attached hydrogens (tertiary/aromatic N) is 2. The molecule has 2 heterocycles. The SMILES string of the molecule is Cc1cc2c3c(c1)N(c1cc(C)c(OCCO)cc1-c1ccccc1)c1cc4c(cc1B3c1cc(C(C)(C)C)ccc1N2c1ccc(C(C)(C)C)cc1)-c1ccccc1C4(C)C. The summed E-state index contributed by atoms with van der Waals surface area (Å²) in [6.07, 6.45) is 0. The average molecular weight is 813 g/mol. The van der Waals surface area contributed by atoms with Gasteiger partial charge in [0.25, 0.3) is 6.71 Å². The van der Waals surface area contributed by atoms with Crippen LogP contribution in [0.1, 0.15) is 88.8 Å². The van der Waals surface area contributed by atoms with Gasteiger partial charge in [-0.2, -0.15) is 0 Å². The fourth-order valence-electron chi connectivity index (χ4n) is 10.5. The minimum atomic E-state index is -0.190. The number of fused-ring (bicyclic) bond motifs is 7. The van der Waals surface area contributed by atoms with Gasteiger partial charge in [-0.25, -0.2) is 0 Å². The predicted octanol–water partition coefficient (Wildman–Crippen LogP) is 12.3. The van der Waals surface area contributed by atoms with Gasteiger partial charge in [0, 0.05) is 39.4 Å². The van der Waals surface area contributed by atoms with Crippen molar-refractivity contribution in [2.75, 3.05) is 23.0 Å². The summed E-state index contributed by atoms with van der Waals surface area (Å²) in [6.45, 7) is 23.1. The van der Waals surface area contributed by atoms with Crippen molar-refractivity contribution < 1.29 is 9.84 Å². The maximum absolute atomic E-state index is 9.82. The number of ether oxygens (including phenoxy) is 1. The normalized spacial score (nSPS) is 14.5. The molecule has 1 N–H and O–H groups in total. The molecule has 0 radical (unpaired) electrons. The summed E-state index contributed by atoms with van der Waals surface area (Å²) in [5.41, 5.74) is 23.2. The first-order valence-electron chi connectivity index (χ1n) is 22.3. The lowest BCUT2D eigenvalue weighted by Gasteiger charge is -2.45. The average Bonchev–Trinajstić information content (AvgIpc) is 3.46. The molecule has 5 heteroatoms. The topological polar surface area (TPSA) is 35.9 Å². The Kier molecular flexibility index (Phi) is 9.21. The van der Waals surface area contributed by atoms with Crippen LogP contribution in [0.4, 0.5) is 34.1 Å². The highest BCUT2D eigenvalue weighted by Gasteiger charge is 2.46. The van der Waals surface area contributed by atoms with Gasteiger partial charge in [0.05, 0.1) is 12.3 Å². The molecule has 0 spiro atoms. The van der Waals surface area contributed by atoms with Gasteiger partial charge in [-0.3, -0.25) is 0 Å². The van der Waals surface area contributed by atoms with Crippen LogP contribution in [0.3, 0.4) is 0 Å². The Bertz CT molecular complexity index is 2920. The fraction of sp³-hybridized carbons (Fsp3) is 0.263.